The Bertz CT molecular complexity index is 494. The highest BCUT2D eigenvalue weighted by molar-refractivity contribution is 14.0. The molecular formula is C17H28F3IN4. The van der Waals surface area contributed by atoms with Gasteiger partial charge in [-0.2, -0.15) is 13.2 Å². The predicted molar refractivity (Wildman–Crippen MR) is 108 cm³/mol. The third kappa shape index (κ3) is 12.0. The number of likely N-dealkylation sites (N-methyl/N-ethyl adjacent to an activating group) is 1. The van der Waals surface area contributed by atoms with Gasteiger partial charge in [0.25, 0.3) is 0 Å². The molecule has 8 heteroatoms. The minimum atomic E-state index is -4.17. The first-order chi connectivity index (χ1) is 11.3. The van der Waals surface area contributed by atoms with Crippen LogP contribution >= 0.6 is 24.0 Å². The Kier molecular flexibility index (Phi) is 11.8. The van der Waals surface area contributed by atoms with Gasteiger partial charge in [0.2, 0.25) is 0 Å². The van der Waals surface area contributed by atoms with Crippen LogP contribution in [-0.2, 0) is 6.42 Å². The molecule has 0 spiro atoms. The standard InChI is InChI=1S/C17H27F3N4.HI/c1-14(9-10-15-7-5-4-6-8-15)23-16(21-2)22-11-12-24(3)13-17(18,19)20;/h4-8,14H,9-13H2,1-3H3,(H2,21,22,23);1H. The summed E-state index contributed by atoms with van der Waals surface area (Å²) in [6, 6.07) is 10.4. The molecule has 0 fully saturated rings. The average molecular weight is 472 g/mol. The highest BCUT2D eigenvalue weighted by Gasteiger charge is 2.28. The minimum Gasteiger partial charge on any atom is -0.355 e. The van der Waals surface area contributed by atoms with E-state index in [9.17, 15) is 13.2 Å². The van der Waals surface area contributed by atoms with Crippen LogP contribution in [0.4, 0.5) is 13.2 Å². The number of nitrogens with zero attached hydrogens (tertiary/aromatic N) is 2. The van der Waals surface area contributed by atoms with Crippen molar-refractivity contribution in [1.29, 1.82) is 0 Å². The van der Waals surface area contributed by atoms with Crippen LogP contribution in [0.15, 0.2) is 35.3 Å². The molecule has 1 aromatic rings. The maximum atomic E-state index is 12.3. The van der Waals surface area contributed by atoms with Gasteiger partial charge in [0, 0.05) is 26.2 Å². The summed E-state index contributed by atoms with van der Waals surface area (Å²) in [5.74, 6) is 0.607. The van der Waals surface area contributed by atoms with E-state index in [4.69, 9.17) is 0 Å². The van der Waals surface area contributed by atoms with E-state index in [1.807, 2.05) is 18.2 Å². The van der Waals surface area contributed by atoms with E-state index in [0.29, 0.717) is 19.0 Å². The number of aliphatic imine (C=N–C) groups is 1. The average Bonchev–Trinajstić information content (AvgIpc) is 2.51. The smallest absolute Gasteiger partial charge is 0.355 e. The van der Waals surface area contributed by atoms with E-state index >= 15 is 0 Å². The number of guanidine groups is 1. The molecular weight excluding hydrogens is 444 g/mol. The zero-order valence-electron chi connectivity index (χ0n) is 14.9. The Hall–Kier alpha value is -1.03. The van der Waals surface area contributed by atoms with Crippen molar-refractivity contribution in [2.24, 2.45) is 4.99 Å². The van der Waals surface area contributed by atoms with E-state index in [0.717, 1.165) is 12.8 Å². The van der Waals surface area contributed by atoms with Gasteiger partial charge in [0.1, 0.15) is 0 Å². The van der Waals surface area contributed by atoms with Gasteiger partial charge < -0.3 is 10.6 Å². The maximum Gasteiger partial charge on any atom is 0.401 e. The van der Waals surface area contributed by atoms with Crippen LogP contribution < -0.4 is 10.6 Å². The van der Waals surface area contributed by atoms with Gasteiger partial charge in [-0.05, 0) is 32.4 Å². The van der Waals surface area contributed by atoms with Crippen LogP contribution in [0.1, 0.15) is 18.9 Å². The summed E-state index contributed by atoms with van der Waals surface area (Å²) in [5, 5.41) is 6.30. The van der Waals surface area contributed by atoms with Crippen molar-refractivity contribution >= 4 is 29.9 Å². The Morgan fingerprint density at radius 3 is 2.44 bits per heavy atom. The van der Waals surface area contributed by atoms with Gasteiger partial charge >= 0.3 is 6.18 Å². The quantitative estimate of drug-likeness (QED) is 0.347. The van der Waals surface area contributed by atoms with Gasteiger partial charge in [0.15, 0.2) is 5.96 Å². The van der Waals surface area contributed by atoms with Crippen LogP contribution in [0.2, 0.25) is 0 Å². The van der Waals surface area contributed by atoms with Crippen LogP contribution in [0.5, 0.6) is 0 Å². The first kappa shape index (κ1) is 24.0. The second-order valence-electron chi connectivity index (χ2n) is 5.92. The molecule has 0 aromatic heterocycles. The molecule has 0 aliphatic carbocycles. The fraction of sp³-hybridized carbons (Fsp3) is 0.588. The van der Waals surface area contributed by atoms with Crippen LogP contribution in [-0.4, -0.2) is 56.8 Å². The highest BCUT2D eigenvalue weighted by atomic mass is 127. The largest absolute Gasteiger partial charge is 0.401 e. The molecule has 0 radical (unpaired) electrons. The number of hydrogen-bond acceptors (Lipinski definition) is 2. The third-order valence-corrected chi connectivity index (χ3v) is 3.55. The number of alkyl halides is 3. The fourth-order valence-electron chi connectivity index (χ4n) is 2.28. The molecule has 0 aliphatic rings. The van der Waals surface area contributed by atoms with Gasteiger partial charge in [-0.15, -0.1) is 24.0 Å². The summed E-state index contributed by atoms with van der Waals surface area (Å²) in [6.07, 6.45) is -2.26. The molecule has 0 bridgehead atoms. The molecule has 1 aromatic carbocycles. The number of benzene rings is 1. The molecule has 0 aliphatic heterocycles. The molecule has 4 nitrogen and oxygen atoms in total. The lowest BCUT2D eigenvalue weighted by atomic mass is 10.1. The van der Waals surface area contributed by atoms with Crippen molar-refractivity contribution in [2.75, 3.05) is 33.7 Å². The van der Waals surface area contributed by atoms with Crippen molar-refractivity contribution in [3.05, 3.63) is 35.9 Å². The summed E-state index contributed by atoms with van der Waals surface area (Å²) in [4.78, 5) is 5.34. The van der Waals surface area contributed by atoms with Crippen molar-refractivity contribution < 1.29 is 13.2 Å². The van der Waals surface area contributed by atoms with Gasteiger partial charge in [-0.3, -0.25) is 9.89 Å². The number of hydrogen-bond donors (Lipinski definition) is 2. The summed E-state index contributed by atoms with van der Waals surface area (Å²) < 4.78 is 36.8. The summed E-state index contributed by atoms with van der Waals surface area (Å²) in [7, 11) is 3.10. The van der Waals surface area contributed by atoms with Crippen molar-refractivity contribution in [3.8, 4) is 0 Å². The zero-order chi connectivity index (χ0) is 18.0. The number of halogens is 4. The molecule has 0 saturated heterocycles. The van der Waals surface area contributed by atoms with E-state index in [-0.39, 0.29) is 30.0 Å². The normalized spacial score (nSPS) is 13.3. The Labute approximate surface area is 165 Å². The monoisotopic (exact) mass is 472 g/mol. The number of aryl methyl sites for hydroxylation is 1. The highest BCUT2D eigenvalue weighted by Crippen LogP contribution is 2.14. The second-order valence-corrected chi connectivity index (χ2v) is 5.92. The van der Waals surface area contributed by atoms with Crippen molar-refractivity contribution in [2.45, 2.75) is 32.0 Å². The summed E-state index contributed by atoms with van der Waals surface area (Å²) >= 11 is 0. The lowest BCUT2D eigenvalue weighted by molar-refractivity contribution is -0.142. The van der Waals surface area contributed by atoms with Gasteiger partial charge in [-0.25, -0.2) is 0 Å². The molecule has 1 unspecified atom stereocenters. The summed E-state index contributed by atoms with van der Waals surface area (Å²) in [5.41, 5.74) is 1.28. The second kappa shape index (κ2) is 12.3. The molecule has 0 heterocycles. The van der Waals surface area contributed by atoms with Crippen molar-refractivity contribution in [3.63, 3.8) is 0 Å². The van der Waals surface area contributed by atoms with Gasteiger partial charge in [-0.1, -0.05) is 30.3 Å². The molecule has 1 rings (SSSR count). The van der Waals surface area contributed by atoms with Crippen LogP contribution in [0.25, 0.3) is 0 Å². The Balaban J connectivity index is 0.00000576. The first-order valence-corrected chi connectivity index (χ1v) is 8.06. The zero-order valence-corrected chi connectivity index (χ0v) is 17.3. The molecule has 0 saturated carbocycles. The fourth-order valence-corrected chi connectivity index (χ4v) is 2.28. The number of rotatable bonds is 8. The van der Waals surface area contributed by atoms with Crippen LogP contribution in [0.3, 0.4) is 0 Å². The van der Waals surface area contributed by atoms with E-state index in [1.54, 1.807) is 7.05 Å². The lowest BCUT2D eigenvalue weighted by Gasteiger charge is -2.21. The predicted octanol–water partition coefficient (Wildman–Crippen LogP) is 3.28. The lowest BCUT2D eigenvalue weighted by Crippen LogP contribution is -2.45. The first-order valence-electron chi connectivity index (χ1n) is 8.06. The molecule has 25 heavy (non-hydrogen) atoms. The Morgan fingerprint density at radius 1 is 1.24 bits per heavy atom. The third-order valence-electron chi connectivity index (χ3n) is 3.55. The van der Waals surface area contributed by atoms with E-state index < -0.39 is 12.7 Å². The van der Waals surface area contributed by atoms with E-state index in [2.05, 4.69) is 34.7 Å². The van der Waals surface area contributed by atoms with Crippen molar-refractivity contribution in [1.82, 2.24) is 15.5 Å². The van der Waals surface area contributed by atoms with Crippen LogP contribution in [0, 0.1) is 0 Å². The molecule has 0 amide bonds. The van der Waals surface area contributed by atoms with E-state index in [1.165, 1.54) is 17.5 Å². The maximum absolute atomic E-state index is 12.3. The number of nitrogens with one attached hydrogen (secondary N) is 2. The molecule has 144 valence electrons. The van der Waals surface area contributed by atoms with Gasteiger partial charge in [0.05, 0.1) is 6.54 Å². The topological polar surface area (TPSA) is 39.7 Å². The minimum absolute atomic E-state index is 0. The molecule has 1 atom stereocenters. The Morgan fingerprint density at radius 2 is 1.88 bits per heavy atom. The summed E-state index contributed by atoms with van der Waals surface area (Å²) in [6.45, 7) is 1.84. The SMILES string of the molecule is CN=C(NCCN(C)CC(F)(F)F)NC(C)CCc1ccccc1.I. The molecule has 2 N–H and O–H groups in total.